The summed E-state index contributed by atoms with van der Waals surface area (Å²) in [5.74, 6) is -0.269. The van der Waals surface area contributed by atoms with E-state index in [0.29, 0.717) is 17.1 Å². The van der Waals surface area contributed by atoms with Crippen LogP contribution in [-0.4, -0.2) is 22.0 Å². The number of hydrogen-bond donors (Lipinski definition) is 0. The predicted molar refractivity (Wildman–Crippen MR) is 101 cm³/mol. The highest BCUT2D eigenvalue weighted by Crippen LogP contribution is 2.34. The smallest absolute Gasteiger partial charge is 0.417 e. The summed E-state index contributed by atoms with van der Waals surface area (Å²) in [6, 6.07) is 9.54. The molecule has 29 heavy (non-hydrogen) atoms. The Morgan fingerprint density at radius 2 is 1.93 bits per heavy atom. The Morgan fingerprint density at radius 1 is 1.24 bits per heavy atom. The molecule has 0 atom stereocenters. The van der Waals surface area contributed by atoms with E-state index < -0.39 is 17.7 Å². The number of aromatic nitrogens is 2. The van der Waals surface area contributed by atoms with Crippen LogP contribution in [0.5, 0.6) is 5.75 Å². The van der Waals surface area contributed by atoms with Gasteiger partial charge in [0.2, 0.25) is 0 Å². The Bertz CT molecular complexity index is 1020. The number of esters is 1. The maximum absolute atomic E-state index is 13.2. The SMILES string of the molecule is CC(C)c1nc2c(Cl)cc(C(F)(F)F)cn2c1COC(=O)COc1ccccc1. The highest BCUT2D eigenvalue weighted by molar-refractivity contribution is 6.33. The summed E-state index contributed by atoms with van der Waals surface area (Å²) in [7, 11) is 0. The number of alkyl halides is 3. The number of hydrogen-bond acceptors (Lipinski definition) is 4. The normalized spacial score (nSPS) is 11.8. The number of fused-ring (bicyclic) bond motifs is 1. The largest absolute Gasteiger partial charge is 0.482 e. The van der Waals surface area contributed by atoms with Gasteiger partial charge in [-0.25, -0.2) is 9.78 Å². The van der Waals surface area contributed by atoms with Crippen LogP contribution in [0.15, 0.2) is 42.6 Å². The molecule has 154 valence electrons. The van der Waals surface area contributed by atoms with Gasteiger partial charge in [-0.3, -0.25) is 4.40 Å². The predicted octanol–water partition coefficient (Wildman–Crippen LogP) is 5.25. The van der Waals surface area contributed by atoms with Crippen molar-refractivity contribution in [3.63, 3.8) is 0 Å². The lowest BCUT2D eigenvalue weighted by Gasteiger charge is -2.12. The van der Waals surface area contributed by atoms with Crippen molar-refractivity contribution in [2.75, 3.05) is 6.61 Å². The van der Waals surface area contributed by atoms with Gasteiger partial charge in [-0.15, -0.1) is 0 Å². The molecule has 9 heteroatoms. The number of rotatable bonds is 6. The van der Waals surface area contributed by atoms with E-state index >= 15 is 0 Å². The van der Waals surface area contributed by atoms with Gasteiger partial charge in [0.1, 0.15) is 12.4 Å². The Labute approximate surface area is 170 Å². The average Bonchev–Trinajstić information content (AvgIpc) is 3.04. The van der Waals surface area contributed by atoms with Gasteiger partial charge in [-0.05, 0) is 24.1 Å². The van der Waals surface area contributed by atoms with Crippen LogP contribution in [-0.2, 0) is 22.3 Å². The maximum Gasteiger partial charge on any atom is 0.417 e. The minimum Gasteiger partial charge on any atom is -0.482 e. The van der Waals surface area contributed by atoms with Crippen molar-refractivity contribution in [3.8, 4) is 5.75 Å². The van der Waals surface area contributed by atoms with Gasteiger partial charge in [-0.2, -0.15) is 13.2 Å². The number of nitrogens with zero attached hydrogens (tertiary/aromatic N) is 2. The van der Waals surface area contributed by atoms with E-state index in [4.69, 9.17) is 21.1 Å². The second-order valence-corrected chi connectivity index (χ2v) is 7.04. The molecule has 0 saturated heterocycles. The third-order valence-electron chi connectivity index (χ3n) is 4.15. The number of benzene rings is 1. The molecular weight excluding hydrogens is 409 g/mol. The highest BCUT2D eigenvalue weighted by atomic mass is 35.5. The van der Waals surface area contributed by atoms with E-state index in [1.807, 2.05) is 19.9 Å². The first-order chi connectivity index (χ1) is 13.7. The number of ether oxygens (including phenoxy) is 2. The summed E-state index contributed by atoms with van der Waals surface area (Å²) in [5.41, 5.74) is 0.0942. The first kappa shape index (κ1) is 21.0. The molecule has 0 aliphatic carbocycles. The van der Waals surface area contributed by atoms with Gasteiger partial charge in [-0.1, -0.05) is 43.6 Å². The van der Waals surface area contributed by atoms with Gasteiger partial charge >= 0.3 is 12.1 Å². The topological polar surface area (TPSA) is 52.8 Å². The summed E-state index contributed by atoms with van der Waals surface area (Å²) in [5, 5.41) is -0.133. The van der Waals surface area contributed by atoms with Crippen molar-refractivity contribution < 1.29 is 27.4 Å². The van der Waals surface area contributed by atoms with E-state index in [0.717, 1.165) is 12.3 Å². The minimum atomic E-state index is -4.57. The molecule has 0 radical (unpaired) electrons. The van der Waals surface area contributed by atoms with Crippen molar-refractivity contribution in [1.29, 1.82) is 0 Å². The number of imidazole rings is 1. The van der Waals surface area contributed by atoms with Crippen LogP contribution in [0.4, 0.5) is 13.2 Å². The fourth-order valence-corrected chi connectivity index (χ4v) is 3.03. The van der Waals surface area contributed by atoms with Gasteiger partial charge in [0.15, 0.2) is 12.3 Å². The zero-order chi connectivity index (χ0) is 21.2. The van der Waals surface area contributed by atoms with E-state index in [-0.39, 0.29) is 29.8 Å². The molecule has 2 heterocycles. The van der Waals surface area contributed by atoms with Gasteiger partial charge in [0, 0.05) is 6.20 Å². The quantitative estimate of drug-likeness (QED) is 0.505. The minimum absolute atomic E-state index is 0.116. The molecule has 0 aliphatic heterocycles. The molecule has 2 aromatic heterocycles. The van der Waals surface area contributed by atoms with E-state index in [2.05, 4.69) is 4.98 Å². The van der Waals surface area contributed by atoms with E-state index in [1.54, 1.807) is 24.3 Å². The summed E-state index contributed by atoms with van der Waals surface area (Å²) < 4.78 is 51.3. The third-order valence-corrected chi connectivity index (χ3v) is 4.43. The lowest BCUT2D eigenvalue weighted by atomic mass is 10.1. The summed E-state index contributed by atoms with van der Waals surface area (Å²) in [4.78, 5) is 16.4. The Hall–Kier alpha value is -2.74. The van der Waals surface area contributed by atoms with Crippen molar-refractivity contribution in [1.82, 2.24) is 9.38 Å². The summed E-state index contributed by atoms with van der Waals surface area (Å²) >= 11 is 6.03. The molecule has 3 rings (SSSR count). The molecule has 0 amide bonds. The van der Waals surface area contributed by atoms with Crippen molar-refractivity contribution >= 4 is 23.2 Å². The van der Waals surface area contributed by atoms with Crippen LogP contribution in [0.1, 0.15) is 36.7 Å². The number of carbonyl (C=O) groups is 1. The fraction of sp³-hybridized carbons (Fsp3) is 0.300. The van der Waals surface area contributed by atoms with Crippen LogP contribution in [0.2, 0.25) is 5.02 Å². The first-order valence-electron chi connectivity index (χ1n) is 8.78. The third kappa shape index (κ3) is 4.82. The highest BCUT2D eigenvalue weighted by Gasteiger charge is 2.32. The van der Waals surface area contributed by atoms with Gasteiger partial charge < -0.3 is 9.47 Å². The molecule has 5 nitrogen and oxygen atoms in total. The number of halogens is 4. The Balaban J connectivity index is 1.84. The average molecular weight is 427 g/mol. The molecule has 1 aromatic carbocycles. The molecule has 0 unspecified atom stereocenters. The zero-order valence-electron chi connectivity index (χ0n) is 15.7. The van der Waals surface area contributed by atoms with Crippen LogP contribution in [0, 0.1) is 0 Å². The van der Waals surface area contributed by atoms with Crippen LogP contribution >= 0.6 is 11.6 Å². The molecule has 0 fully saturated rings. The van der Waals surface area contributed by atoms with Crippen LogP contribution in [0.3, 0.4) is 0 Å². The second kappa shape index (κ2) is 8.32. The van der Waals surface area contributed by atoms with Gasteiger partial charge in [0.05, 0.1) is 22.0 Å². The Kier molecular flexibility index (Phi) is 6.02. The summed E-state index contributed by atoms with van der Waals surface area (Å²) in [6.45, 7) is 3.09. The first-order valence-corrected chi connectivity index (χ1v) is 9.15. The molecular formula is C20H18ClF3N2O3. The molecule has 0 bridgehead atoms. The van der Waals surface area contributed by atoms with Crippen molar-refractivity contribution in [2.45, 2.75) is 32.5 Å². The zero-order valence-corrected chi connectivity index (χ0v) is 16.4. The molecule has 0 saturated carbocycles. The van der Waals surface area contributed by atoms with E-state index in [1.165, 1.54) is 4.40 Å². The van der Waals surface area contributed by atoms with Crippen LogP contribution < -0.4 is 4.74 Å². The number of pyridine rings is 1. The molecule has 0 aliphatic rings. The lowest BCUT2D eigenvalue weighted by Crippen LogP contribution is -2.16. The lowest BCUT2D eigenvalue weighted by molar-refractivity contribution is -0.147. The molecule has 0 N–H and O–H groups in total. The van der Waals surface area contributed by atoms with Crippen molar-refractivity contribution in [2.24, 2.45) is 0 Å². The number of carbonyl (C=O) groups excluding carboxylic acids is 1. The Morgan fingerprint density at radius 3 is 2.55 bits per heavy atom. The van der Waals surface area contributed by atoms with Crippen LogP contribution in [0.25, 0.3) is 5.65 Å². The fourth-order valence-electron chi connectivity index (χ4n) is 2.78. The molecule has 0 spiro atoms. The standard InChI is InChI=1S/C20H18ClF3N2O3/c1-12(2)18-16(10-29-17(27)11-28-14-6-4-3-5-7-14)26-9-13(20(22,23)24)8-15(21)19(26)25-18/h3-9,12H,10-11H2,1-2H3. The summed E-state index contributed by atoms with van der Waals surface area (Å²) in [6.07, 6.45) is -3.67. The van der Waals surface area contributed by atoms with E-state index in [9.17, 15) is 18.0 Å². The maximum atomic E-state index is 13.2. The second-order valence-electron chi connectivity index (χ2n) is 6.63. The monoisotopic (exact) mass is 426 g/mol. The van der Waals surface area contributed by atoms with Crippen molar-refractivity contribution in [3.05, 3.63) is 64.6 Å². The van der Waals surface area contributed by atoms with Gasteiger partial charge in [0.25, 0.3) is 0 Å². The molecule has 3 aromatic rings. The number of para-hydroxylation sites is 1.